The van der Waals surface area contributed by atoms with E-state index in [0.717, 1.165) is 0 Å². The van der Waals surface area contributed by atoms with Crippen molar-refractivity contribution in [3.63, 3.8) is 0 Å². The maximum Gasteiger partial charge on any atom is 0.272 e. The number of alkyl halides is 2. The Balaban J connectivity index is 2.02. The van der Waals surface area contributed by atoms with E-state index in [0.29, 0.717) is 30.5 Å². The van der Waals surface area contributed by atoms with Crippen LogP contribution in [0.25, 0.3) is 0 Å². The second-order valence-electron chi connectivity index (χ2n) is 4.85. The van der Waals surface area contributed by atoms with Crippen LogP contribution < -0.4 is 10.1 Å². The van der Waals surface area contributed by atoms with Crippen LogP contribution >= 0.6 is 11.6 Å². The highest BCUT2D eigenvalue weighted by molar-refractivity contribution is 6.30. The zero-order chi connectivity index (χ0) is 14.6. The summed E-state index contributed by atoms with van der Waals surface area (Å²) in [6.45, 7) is 0.717. The molecule has 0 spiro atoms. The molecule has 0 saturated carbocycles. The predicted octanol–water partition coefficient (Wildman–Crippen LogP) is 2.40. The third-order valence-corrected chi connectivity index (χ3v) is 3.35. The van der Waals surface area contributed by atoms with Gasteiger partial charge in [-0.3, -0.25) is 0 Å². The van der Waals surface area contributed by atoms with Crippen LogP contribution in [0.2, 0.25) is 5.02 Å². The van der Waals surface area contributed by atoms with Gasteiger partial charge in [0.15, 0.2) is 0 Å². The van der Waals surface area contributed by atoms with Gasteiger partial charge in [-0.15, -0.1) is 0 Å². The SMILES string of the molecule is OCC1(CNc2ccc(Cl)cc2OCC(F)F)COC1. The molecule has 0 unspecified atom stereocenters. The molecule has 1 aromatic rings. The molecule has 0 aromatic heterocycles. The molecule has 1 saturated heterocycles. The van der Waals surface area contributed by atoms with Crippen molar-refractivity contribution < 1.29 is 23.4 Å². The molecule has 1 fully saturated rings. The Hall–Kier alpha value is -1.11. The van der Waals surface area contributed by atoms with E-state index in [-0.39, 0.29) is 17.8 Å². The summed E-state index contributed by atoms with van der Waals surface area (Å²) in [6.07, 6.45) is -2.55. The summed E-state index contributed by atoms with van der Waals surface area (Å²) in [5.74, 6) is 0.270. The number of aliphatic hydroxyl groups is 1. The van der Waals surface area contributed by atoms with E-state index >= 15 is 0 Å². The Kier molecular flexibility index (Phi) is 5.01. The normalized spacial score (nSPS) is 16.9. The van der Waals surface area contributed by atoms with E-state index in [4.69, 9.17) is 21.1 Å². The molecule has 4 nitrogen and oxygen atoms in total. The molecule has 0 amide bonds. The van der Waals surface area contributed by atoms with Crippen molar-refractivity contribution in [1.82, 2.24) is 0 Å². The van der Waals surface area contributed by atoms with Crippen LogP contribution in [0.4, 0.5) is 14.5 Å². The summed E-state index contributed by atoms with van der Waals surface area (Å²) in [5.41, 5.74) is 0.245. The molecular formula is C13H16ClF2NO3. The highest BCUT2D eigenvalue weighted by Gasteiger charge is 2.38. The molecule has 1 aliphatic rings. The van der Waals surface area contributed by atoms with Crippen molar-refractivity contribution in [3.8, 4) is 5.75 Å². The second kappa shape index (κ2) is 6.56. The zero-order valence-corrected chi connectivity index (χ0v) is 11.5. The molecule has 0 atom stereocenters. The molecule has 112 valence electrons. The number of rotatable bonds is 7. The van der Waals surface area contributed by atoms with Crippen LogP contribution in [-0.4, -0.2) is 44.5 Å². The average Bonchev–Trinajstić information content (AvgIpc) is 2.37. The van der Waals surface area contributed by atoms with Gasteiger partial charge in [-0.05, 0) is 12.1 Å². The van der Waals surface area contributed by atoms with Crippen LogP contribution in [0.1, 0.15) is 0 Å². The zero-order valence-electron chi connectivity index (χ0n) is 10.7. The third kappa shape index (κ3) is 3.71. The Morgan fingerprint density at radius 1 is 1.45 bits per heavy atom. The Labute approximate surface area is 120 Å². The molecule has 1 heterocycles. The van der Waals surface area contributed by atoms with Gasteiger partial charge in [-0.2, -0.15) is 0 Å². The monoisotopic (exact) mass is 307 g/mol. The quantitative estimate of drug-likeness (QED) is 0.812. The highest BCUT2D eigenvalue weighted by atomic mass is 35.5. The molecule has 2 rings (SSSR count). The molecule has 2 N–H and O–H groups in total. The largest absolute Gasteiger partial charge is 0.485 e. The molecule has 0 bridgehead atoms. The van der Waals surface area contributed by atoms with Crippen LogP contribution in [0, 0.1) is 5.41 Å². The fourth-order valence-corrected chi connectivity index (χ4v) is 2.00. The van der Waals surface area contributed by atoms with Crippen LogP contribution in [-0.2, 0) is 4.74 Å². The molecular weight excluding hydrogens is 292 g/mol. The first-order valence-corrected chi connectivity index (χ1v) is 6.55. The second-order valence-corrected chi connectivity index (χ2v) is 5.28. The lowest BCUT2D eigenvalue weighted by Crippen LogP contribution is -2.50. The number of aliphatic hydroxyl groups excluding tert-OH is 1. The minimum atomic E-state index is -2.55. The van der Waals surface area contributed by atoms with Crippen LogP contribution in [0.15, 0.2) is 18.2 Å². The fourth-order valence-electron chi connectivity index (χ4n) is 1.84. The maximum absolute atomic E-state index is 12.2. The van der Waals surface area contributed by atoms with Gasteiger partial charge in [0.2, 0.25) is 0 Å². The van der Waals surface area contributed by atoms with Gasteiger partial charge < -0.3 is 19.9 Å². The number of halogens is 3. The first kappa shape index (κ1) is 15.3. The number of hydrogen-bond donors (Lipinski definition) is 2. The van der Waals surface area contributed by atoms with E-state index in [1.807, 2.05) is 0 Å². The van der Waals surface area contributed by atoms with Crippen molar-refractivity contribution >= 4 is 17.3 Å². The lowest BCUT2D eigenvalue weighted by atomic mass is 9.87. The predicted molar refractivity (Wildman–Crippen MR) is 71.8 cm³/mol. The molecule has 20 heavy (non-hydrogen) atoms. The van der Waals surface area contributed by atoms with Gasteiger partial charge in [-0.25, -0.2) is 8.78 Å². The van der Waals surface area contributed by atoms with Crippen LogP contribution in [0.5, 0.6) is 5.75 Å². The topological polar surface area (TPSA) is 50.7 Å². The molecule has 0 radical (unpaired) electrons. The fraction of sp³-hybridized carbons (Fsp3) is 0.538. The minimum Gasteiger partial charge on any atom is -0.485 e. The van der Waals surface area contributed by atoms with Gasteiger partial charge in [-0.1, -0.05) is 11.6 Å². The van der Waals surface area contributed by atoms with Gasteiger partial charge in [0, 0.05) is 17.6 Å². The van der Waals surface area contributed by atoms with Gasteiger partial charge in [0.05, 0.1) is 30.9 Å². The van der Waals surface area contributed by atoms with Crippen LogP contribution in [0.3, 0.4) is 0 Å². The Morgan fingerprint density at radius 3 is 2.75 bits per heavy atom. The van der Waals surface area contributed by atoms with Gasteiger partial charge in [0.25, 0.3) is 6.43 Å². The smallest absolute Gasteiger partial charge is 0.272 e. The number of nitrogens with one attached hydrogen (secondary N) is 1. The van der Waals surface area contributed by atoms with E-state index in [1.165, 1.54) is 6.07 Å². The highest BCUT2D eigenvalue weighted by Crippen LogP contribution is 2.32. The average molecular weight is 308 g/mol. The Morgan fingerprint density at radius 2 is 2.20 bits per heavy atom. The van der Waals surface area contributed by atoms with Crippen molar-refractivity contribution in [2.75, 3.05) is 38.3 Å². The van der Waals surface area contributed by atoms with Crippen molar-refractivity contribution in [3.05, 3.63) is 23.2 Å². The van der Waals surface area contributed by atoms with Gasteiger partial charge in [0.1, 0.15) is 12.4 Å². The number of hydrogen-bond acceptors (Lipinski definition) is 4. The summed E-state index contributed by atoms with van der Waals surface area (Å²) >= 11 is 5.83. The number of anilines is 1. The minimum absolute atomic E-state index is 0.000808. The molecule has 0 aliphatic carbocycles. The molecule has 1 aromatic carbocycles. The van der Waals surface area contributed by atoms with E-state index in [2.05, 4.69) is 5.32 Å². The first-order chi connectivity index (χ1) is 9.54. The van der Waals surface area contributed by atoms with Gasteiger partial charge >= 0.3 is 0 Å². The number of benzene rings is 1. The third-order valence-electron chi connectivity index (χ3n) is 3.11. The van der Waals surface area contributed by atoms with E-state index in [1.54, 1.807) is 12.1 Å². The molecule has 1 aliphatic heterocycles. The summed E-state index contributed by atoms with van der Waals surface area (Å²) in [4.78, 5) is 0. The van der Waals surface area contributed by atoms with E-state index in [9.17, 15) is 13.9 Å². The summed E-state index contributed by atoms with van der Waals surface area (Å²) in [7, 11) is 0. The maximum atomic E-state index is 12.2. The molecule has 7 heteroatoms. The van der Waals surface area contributed by atoms with Crippen molar-refractivity contribution in [2.45, 2.75) is 6.43 Å². The first-order valence-electron chi connectivity index (χ1n) is 6.18. The summed E-state index contributed by atoms with van der Waals surface area (Å²) in [5, 5.41) is 12.8. The van der Waals surface area contributed by atoms with Crippen molar-refractivity contribution in [1.29, 1.82) is 0 Å². The lowest BCUT2D eigenvalue weighted by molar-refractivity contribution is -0.128. The van der Waals surface area contributed by atoms with Crippen molar-refractivity contribution in [2.24, 2.45) is 5.41 Å². The van der Waals surface area contributed by atoms with E-state index < -0.39 is 13.0 Å². The standard InChI is InChI=1S/C13H16ClF2NO3/c14-9-1-2-10(11(3-9)20-4-12(15)16)17-5-13(6-18)7-19-8-13/h1-3,12,17-18H,4-8H2. The lowest BCUT2D eigenvalue weighted by Gasteiger charge is -2.40. The summed E-state index contributed by atoms with van der Waals surface area (Å²) < 4.78 is 34.6. The number of ether oxygens (including phenoxy) is 2. The Bertz CT molecular complexity index is 450. The summed E-state index contributed by atoms with van der Waals surface area (Å²) in [6, 6.07) is 4.78.